The molecule has 0 rings (SSSR count). The van der Waals surface area contributed by atoms with E-state index >= 15 is 0 Å². The van der Waals surface area contributed by atoms with Crippen molar-refractivity contribution >= 4 is 23.5 Å². The van der Waals surface area contributed by atoms with E-state index in [0.717, 1.165) is 25.7 Å². The maximum Gasteiger partial charge on any atom is 0.491 e. The van der Waals surface area contributed by atoms with Gasteiger partial charge in [-0.3, -0.25) is 19.3 Å². The van der Waals surface area contributed by atoms with Crippen LogP contribution < -0.4 is 11.5 Å². The van der Waals surface area contributed by atoms with Crippen LogP contribution in [0.1, 0.15) is 117 Å². The second-order valence-electron chi connectivity index (χ2n) is 10.9. The summed E-state index contributed by atoms with van der Waals surface area (Å²) in [4.78, 5) is 50.0. The Morgan fingerprint density at radius 2 is 1.32 bits per heavy atom. The average Bonchev–Trinajstić information content (AvgIpc) is 2.87. The van der Waals surface area contributed by atoms with Gasteiger partial charge in [-0.2, -0.15) is 13.2 Å². The first-order chi connectivity index (χ1) is 18.8. The highest BCUT2D eigenvalue weighted by molar-refractivity contribution is 5.91. The number of nitrogens with two attached hydrogens (primary N) is 2. The van der Waals surface area contributed by atoms with Crippen LogP contribution in [0.2, 0.25) is 0 Å². The Morgan fingerprint density at radius 1 is 0.825 bits per heavy atom. The smallest absolute Gasteiger partial charge is 0.386 e. The van der Waals surface area contributed by atoms with Crippen molar-refractivity contribution in [3.05, 3.63) is 0 Å². The Kier molecular flexibility index (Phi) is 20.8. The molecule has 0 heterocycles. The van der Waals surface area contributed by atoms with Gasteiger partial charge in [-0.25, -0.2) is 4.79 Å². The summed E-state index contributed by atoms with van der Waals surface area (Å²) < 4.78 is 40.7. The Bertz CT molecular complexity index is 747. The lowest BCUT2D eigenvalue weighted by Crippen LogP contribution is -2.53. The summed E-state index contributed by atoms with van der Waals surface area (Å²) in [6, 6.07) is -1.88. The van der Waals surface area contributed by atoms with Gasteiger partial charge in [-0.15, -0.1) is 0 Å². The van der Waals surface area contributed by atoms with E-state index in [2.05, 4.69) is 11.7 Å². The molecular formula is C29H52F3N3O5. The molecule has 0 fully saturated rings. The van der Waals surface area contributed by atoms with Crippen molar-refractivity contribution in [3.63, 3.8) is 0 Å². The van der Waals surface area contributed by atoms with Crippen LogP contribution in [0.4, 0.5) is 13.2 Å². The van der Waals surface area contributed by atoms with E-state index in [9.17, 15) is 32.3 Å². The van der Waals surface area contributed by atoms with Gasteiger partial charge in [0.1, 0.15) is 5.78 Å². The van der Waals surface area contributed by atoms with Gasteiger partial charge >= 0.3 is 18.1 Å². The molecular weight excluding hydrogens is 527 g/mol. The second kappa shape index (κ2) is 21.8. The van der Waals surface area contributed by atoms with Crippen molar-refractivity contribution in [2.24, 2.45) is 17.4 Å². The van der Waals surface area contributed by atoms with Crippen LogP contribution in [0.25, 0.3) is 0 Å². The zero-order valence-electron chi connectivity index (χ0n) is 24.7. The number of carbonyl (C=O) groups excluding carboxylic acids is 4. The van der Waals surface area contributed by atoms with Crippen LogP contribution in [-0.4, -0.2) is 66.3 Å². The van der Waals surface area contributed by atoms with Gasteiger partial charge in [0.15, 0.2) is 5.78 Å². The van der Waals surface area contributed by atoms with E-state index < -0.39 is 42.4 Å². The van der Waals surface area contributed by atoms with E-state index in [4.69, 9.17) is 11.5 Å². The van der Waals surface area contributed by atoms with Gasteiger partial charge in [0, 0.05) is 12.8 Å². The molecule has 4 N–H and O–H groups in total. The van der Waals surface area contributed by atoms with Crippen molar-refractivity contribution in [2.45, 2.75) is 135 Å². The summed E-state index contributed by atoms with van der Waals surface area (Å²) in [6.45, 7) is 6.62. The molecule has 40 heavy (non-hydrogen) atoms. The molecule has 0 saturated carbocycles. The summed E-state index contributed by atoms with van der Waals surface area (Å²) in [6.07, 6.45) is 8.17. The Balaban J connectivity index is 4.87. The van der Waals surface area contributed by atoms with E-state index in [1.807, 2.05) is 18.7 Å². The fourth-order valence-corrected chi connectivity index (χ4v) is 4.72. The van der Waals surface area contributed by atoms with E-state index in [0.29, 0.717) is 6.54 Å². The lowest BCUT2D eigenvalue weighted by molar-refractivity contribution is -0.201. The van der Waals surface area contributed by atoms with E-state index in [1.165, 1.54) is 51.4 Å². The van der Waals surface area contributed by atoms with Gasteiger partial charge in [-0.1, -0.05) is 91.4 Å². The molecule has 0 aliphatic carbocycles. The Hall–Kier alpha value is -1.85. The minimum Gasteiger partial charge on any atom is -0.386 e. The lowest BCUT2D eigenvalue weighted by Gasteiger charge is -2.34. The predicted octanol–water partition coefficient (Wildman–Crippen LogP) is 5.24. The number of hydrogen-bond acceptors (Lipinski definition) is 8. The van der Waals surface area contributed by atoms with E-state index in [1.54, 1.807) is 0 Å². The van der Waals surface area contributed by atoms with Gasteiger partial charge in [0.2, 0.25) is 0 Å². The number of hydrogen-bond donors (Lipinski definition) is 2. The van der Waals surface area contributed by atoms with Gasteiger partial charge in [0.05, 0.1) is 18.6 Å². The molecule has 0 aliphatic heterocycles. The van der Waals surface area contributed by atoms with Crippen LogP contribution in [0.15, 0.2) is 0 Å². The molecule has 0 amide bonds. The van der Waals surface area contributed by atoms with E-state index in [-0.39, 0.29) is 37.6 Å². The van der Waals surface area contributed by atoms with Crippen LogP contribution in [0.3, 0.4) is 0 Å². The molecule has 0 saturated heterocycles. The first-order valence-electron chi connectivity index (χ1n) is 14.9. The standard InChI is InChI=1S/C29H52F3N3O5/c1-4-5-6-7-8-9-10-11-12-13-14-15-20-35(21-23(36)18-19-33)26(22(2)3)27(38)24(34)16-17-25(37)40-28(39)29(30,31)32/h22,24,26H,4-21,33-34H2,1-3H3. The molecule has 2 unspecified atom stereocenters. The van der Waals surface area contributed by atoms with Crippen LogP contribution >= 0.6 is 0 Å². The zero-order chi connectivity index (χ0) is 30.6. The summed E-state index contributed by atoms with van der Waals surface area (Å²) in [5, 5.41) is 0. The third-order valence-corrected chi connectivity index (χ3v) is 6.88. The summed E-state index contributed by atoms with van der Waals surface area (Å²) in [5.41, 5.74) is 11.6. The van der Waals surface area contributed by atoms with Crippen LogP contribution in [0.5, 0.6) is 0 Å². The number of Topliss-reactive ketones (excluding diaryl/α,β-unsaturated/α-hetero) is 2. The number of esters is 2. The van der Waals surface area contributed by atoms with Crippen LogP contribution in [-0.2, 0) is 23.9 Å². The van der Waals surface area contributed by atoms with Crippen molar-refractivity contribution < 1.29 is 37.1 Å². The third-order valence-electron chi connectivity index (χ3n) is 6.88. The second-order valence-corrected chi connectivity index (χ2v) is 10.9. The largest absolute Gasteiger partial charge is 0.491 e. The number of unbranched alkanes of at least 4 members (excludes halogenated alkanes) is 11. The first-order valence-corrected chi connectivity index (χ1v) is 14.9. The summed E-state index contributed by atoms with van der Waals surface area (Å²) in [7, 11) is 0. The number of rotatable bonds is 24. The fourth-order valence-electron chi connectivity index (χ4n) is 4.72. The monoisotopic (exact) mass is 579 g/mol. The number of ether oxygens (including phenoxy) is 1. The molecule has 0 spiro atoms. The number of nitrogens with zero attached hydrogens (tertiary/aromatic N) is 1. The number of alkyl halides is 3. The van der Waals surface area contributed by atoms with Crippen molar-refractivity contribution in [3.8, 4) is 0 Å². The van der Waals surface area contributed by atoms with Gasteiger partial charge in [0.25, 0.3) is 0 Å². The SMILES string of the molecule is CCCCCCCCCCCCCCN(CC(=O)CCN)C(C(=O)C(N)CCC(=O)OC(=O)C(F)(F)F)C(C)C. The highest BCUT2D eigenvalue weighted by atomic mass is 19.4. The first kappa shape index (κ1) is 38.1. The lowest BCUT2D eigenvalue weighted by atomic mass is 9.91. The number of halogens is 3. The minimum absolute atomic E-state index is 0.0403. The Morgan fingerprint density at radius 3 is 1.77 bits per heavy atom. The highest BCUT2D eigenvalue weighted by Crippen LogP contribution is 2.19. The summed E-state index contributed by atoms with van der Waals surface area (Å²) in [5.74, 6) is -4.73. The topological polar surface area (TPSA) is 133 Å². The maximum atomic E-state index is 13.3. The molecule has 2 atom stereocenters. The normalized spacial score (nSPS) is 13.4. The van der Waals surface area contributed by atoms with Gasteiger partial charge in [-0.05, 0) is 31.8 Å². The molecule has 0 bridgehead atoms. The number of ketones is 2. The summed E-state index contributed by atoms with van der Waals surface area (Å²) >= 11 is 0. The molecule has 0 aliphatic rings. The minimum atomic E-state index is -5.29. The van der Waals surface area contributed by atoms with Crippen molar-refractivity contribution in [1.82, 2.24) is 4.90 Å². The van der Waals surface area contributed by atoms with Crippen molar-refractivity contribution in [1.29, 1.82) is 0 Å². The molecule has 0 radical (unpaired) electrons. The molecule has 0 aromatic carbocycles. The highest BCUT2D eigenvalue weighted by Gasteiger charge is 2.42. The molecule has 234 valence electrons. The maximum absolute atomic E-state index is 13.3. The average molecular weight is 580 g/mol. The third kappa shape index (κ3) is 17.8. The molecule has 0 aromatic rings. The molecule has 8 nitrogen and oxygen atoms in total. The predicted molar refractivity (Wildman–Crippen MR) is 149 cm³/mol. The van der Waals surface area contributed by atoms with Crippen LogP contribution in [0, 0.1) is 5.92 Å². The van der Waals surface area contributed by atoms with Crippen molar-refractivity contribution in [2.75, 3.05) is 19.6 Å². The number of carbonyl (C=O) groups is 4. The molecule has 0 aromatic heterocycles. The fraction of sp³-hybridized carbons (Fsp3) is 0.862. The Labute approximate surface area is 238 Å². The zero-order valence-corrected chi connectivity index (χ0v) is 24.7. The van der Waals surface area contributed by atoms with Gasteiger partial charge < -0.3 is 16.2 Å². The quantitative estimate of drug-likeness (QED) is 0.0901. The molecule has 11 heteroatoms.